The lowest BCUT2D eigenvalue weighted by Gasteiger charge is -2.35. The van der Waals surface area contributed by atoms with Gasteiger partial charge in [0.25, 0.3) is 0 Å². The number of thioether (sulfide) groups is 1. The van der Waals surface area contributed by atoms with Gasteiger partial charge in [0, 0.05) is 43.7 Å². The minimum atomic E-state index is 0.222. The van der Waals surface area contributed by atoms with E-state index < -0.39 is 0 Å². The quantitative estimate of drug-likeness (QED) is 0.603. The molecule has 156 valence electrons. The van der Waals surface area contributed by atoms with E-state index >= 15 is 0 Å². The molecule has 2 aromatic heterocycles. The van der Waals surface area contributed by atoms with Gasteiger partial charge in [0.05, 0.1) is 11.1 Å². The maximum atomic E-state index is 4.47. The van der Waals surface area contributed by atoms with E-state index in [2.05, 4.69) is 82.8 Å². The number of anilines is 2. The van der Waals surface area contributed by atoms with Gasteiger partial charge < -0.3 is 10.2 Å². The van der Waals surface area contributed by atoms with E-state index in [9.17, 15) is 0 Å². The average Bonchev–Trinajstić information content (AvgIpc) is 3.32. The van der Waals surface area contributed by atoms with Crippen LogP contribution < -0.4 is 5.32 Å². The first-order valence-corrected chi connectivity index (χ1v) is 11.0. The molecule has 0 saturated carbocycles. The third-order valence-corrected chi connectivity index (χ3v) is 6.64. The van der Waals surface area contributed by atoms with Crippen LogP contribution in [0.4, 0.5) is 11.6 Å². The highest BCUT2D eigenvalue weighted by molar-refractivity contribution is 8.02. The maximum Gasteiger partial charge on any atom is 0.153 e. The number of aryl methyl sites for hydroxylation is 2. The summed E-state index contributed by atoms with van der Waals surface area (Å²) in [6.45, 7) is 9.98. The molecule has 0 spiro atoms. The highest BCUT2D eigenvalue weighted by Crippen LogP contribution is 2.39. The molecule has 1 aliphatic heterocycles. The highest BCUT2D eigenvalue weighted by atomic mass is 32.2. The second-order valence-electron chi connectivity index (χ2n) is 8.74. The van der Waals surface area contributed by atoms with Crippen molar-refractivity contribution in [3.8, 4) is 11.3 Å². The van der Waals surface area contributed by atoms with Crippen molar-refractivity contribution in [3.63, 3.8) is 0 Å². The van der Waals surface area contributed by atoms with Crippen LogP contribution in [-0.2, 0) is 13.6 Å². The monoisotopic (exact) mass is 420 g/mol. The zero-order valence-electron chi connectivity index (χ0n) is 18.1. The first-order chi connectivity index (χ1) is 14.3. The molecule has 1 aliphatic rings. The number of rotatable bonds is 5. The Bertz CT molecular complexity index is 1070. The molecule has 0 aliphatic carbocycles. The zero-order valence-corrected chi connectivity index (χ0v) is 18.9. The topological polar surface area (TPSA) is 58.9 Å². The van der Waals surface area contributed by atoms with Crippen LogP contribution in [0.3, 0.4) is 0 Å². The smallest absolute Gasteiger partial charge is 0.153 e. The summed E-state index contributed by atoms with van der Waals surface area (Å²) in [5, 5.41) is 10.2. The summed E-state index contributed by atoms with van der Waals surface area (Å²) in [6.07, 6.45) is 5.70. The molecule has 7 heteroatoms. The van der Waals surface area contributed by atoms with Crippen molar-refractivity contribution >= 4 is 23.4 Å². The largest absolute Gasteiger partial charge is 0.360 e. The van der Waals surface area contributed by atoms with Gasteiger partial charge in [-0.15, -0.1) is 11.8 Å². The second-order valence-corrected chi connectivity index (χ2v) is 9.73. The van der Waals surface area contributed by atoms with E-state index in [4.69, 9.17) is 0 Å². The molecule has 30 heavy (non-hydrogen) atoms. The summed E-state index contributed by atoms with van der Waals surface area (Å²) in [5.74, 6) is 1.49. The van der Waals surface area contributed by atoms with E-state index in [1.54, 1.807) is 11.0 Å². The first-order valence-electron chi connectivity index (χ1n) is 10.1. The van der Waals surface area contributed by atoms with Crippen LogP contribution in [0.2, 0.25) is 0 Å². The van der Waals surface area contributed by atoms with Gasteiger partial charge in [-0.1, -0.05) is 32.9 Å². The molecule has 0 bridgehead atoms. The van der Waals surface area contributed by atoms with Crippen molar-refractivity contribution < 1.29 is 0 Å². The van der Waals surface area contributed by atoms with E-state index in [1.807, 2.05) is 37.1 Å². The van der Waals surface area contributed by atoms with Crippen molar-refractivity contribution in [1.82, 2.24) is 24.6 Å². The Hall–Kier alpha value is -2.80. The molecular formula is C23H28N6S. The predicted octanol–water partition coefficient (Wildman–Crippen LogP) is 5.32. The minimum Gasteiger partial charge on any atom is -0.360 e. The molecule has 0 fully saturated rings. The highest BCUT2D eigenvalue weighted by Gasteiger charge is 2.31. The number of benzene rings is 1. The molecule has 1 aromatic carbocycles. The summed E-state index contributed by atoms with van der Waals surface area (Å²) < 4.78 is 1.75. The number of hydrogen-bond acceptors (Lipinski definition) is 6. The summed E-state index contributed by atoms with van der Waals surface area (Å²) in [7, 11) is 1.89. The van der Waals surface area contributed by atoms with E-state index in [0.717, 1.165) is 29.4 Å². The molecular weight excluding hydrogens is 392 g/mol. The van der Waals surface area contributed by atoms with Gasteiger partial charge in [-0.25, -0.2) is 9.97 Å². The van der Waals surface area contributed by atoms with Crippen molar-refractivity contribution in [2.45, 2.75) is 39.6 Å². The second kappa shape index (κ2) is 8.14. The lowest BCUT2D eigenvalue weighted by Crippen LogP contribution is -2.35. The molecule has 4 rings (SSSR count). The number of aromatic nitrogens is 4. The van der Waals surface area contributed by atoms with Crippen molar-refractivity contribution in [2.75, 3.05) is 5.32 Å². The van der Waals surface area contributed by atoms with Crippen LogP contribution in [-0.4, -0.2) is 30.0 Å². The van der Waals surface area contributed by atoms with Crippen LogP contribution in [0.1, 0.15) is 31.9 Å². The molecule has 3 heterocycles. The Balaban J connectivity index is 1.52. The van der Waals surface area contributed by atoms with Gasteiger partial charge in [0.15, 0.2) is 5.82 Å². The Labute approximate surface area is 182 Å². The fraction of sp³-hybridized carbons (Fsp3) is 0.348. The third-order valence-electron chi connectivity index (χ3n) is 5.13. The van der Waals surface area contributed by atoms with Gasteiger partial charge >= 0.3 is 0 Å². The standard InChI is InChI=1S/C23H28N6S/c1-16-12-17(6-7-18(16)14-29-10-11-30-22(29)23(2,3)4)19-13-21(25-15-24-19)26-20-8-9-28(5)27-20/h6-13,15,22H,14H2,1-5H3,(H,24,25,26,27). The Morgan fingerprint density at radius 2 is 1.93 bits per heavy atom. The fourth-order valence-corrected chi connectivity index (χ4v) is 4.69. The van der Waals surface area contributed by atoms with Crippen LogP contribution >= 0.6 is 11.8 Å². The number of hydrogen-bond donors (Lipinski definition) is 1. The van der Waals surface area contributed by atoms with Crippen LogP contribution in [0.25, 0.3) is 11.3 Å². The zero-order chi connectivity index (χ0) is 21.3. The lowest BCUT2D eigenvalue weighted by molar-refractivity contribution is 0.220. The SMILES string of the molecule is Cc1cc(-c2cc(Nc3ccn(C)n3)ncn2)ccc1CN1C=CSC1C(C)(C)C. The summed E-state index contributed by atoms with van der Waals surface area (Å²) in [4.78, 5) is 11.2. The predicted molar refractivity (Wildman–Crippen MR) is 124 cm³/mol. The van der Waals surface area contributed by atoms with Crippen molar-refractivity contribution in [1.29, 1.82) is 0 Å². The van der Waals surface area contributed by atoms with Crippen LogP contribution in [0.15, 0.2) is 54.5 Å². The fourth-order valence-electron chi connectivity index (χ4n) is 3.61. The summed E-state index contributed by atoms with van der Waals surface area (Å²) >= 11 is 1.90. The molecule has 3 aromatic rings. The summed E-state index contributed by atoms with van der Waals surface area (Å²) in [5.41, 5.74) is 4.80. The van der Waals surface area contributed by atoms with E-state index in [-0.39, 0.29) is 5.41 Å². The van der Waals surface area contributed by atoms with Gasteiger partial charge in [0.1, 0.15) is 12.1 Å². The van der Waals surface area contributed by atoms with Crippen LogP contribution in [0, 0.1) is 12.3 Å². The average molecular weight is 421 g/mol. The van der Waals surface area contributed by atoms with Gasteiger partial charge in [0.2, 0.25) is 0 Å². The van der Waals surface area contributed by atoms with Crippen LogP contribution in [0.5, 0.6) is 0 Å². The number of nitrogens with zero attached hydrogens (tertiary/aromatic N) is 5. The maximum absolute atomic E-state index is 4.47. The Kier molecular flexibility index (Phi) is 5.56. The van der Waals surface area contributed by atoms with Gasteiger partial charge in [-0.3, -0.25) is 4.68 Å². The first kappa shape index (κ1) is 20.5. The molecule has 1 atom stereocenters. The number of nitrogens with one attached hydrogen (secondary N) is 1. The molecule has 0 amide bonds. The molecule has 6 nitrogen and oxygen atoms in total. The van der Waals surface area contributed by atoms with Crippen molar-refractivity contribution in [2.24, 2.45) is 12.5 Å². The van der Waals surface area contributed by atoms with Gasteiger partial charge in [-0.2, -0.15) is 5.10 Å². The summed E-state index contributed by atoms with van der Waals surface area (Å²) in [6, 6.07) is 10.4. The van der Waals surface area contributed by atoms with E-state index in [1.165, 1.54) is 11.1 Å². The van der Waals surface area contributed by atoms with Gasteiger partial charge in [-0.05, 0) is 34.9 Å². The van der Waals surface area contributed by atoms with E-state index in [0.29, 0.717) is 5.37 Å². The molecule has 1 unspecified atom stereocenters. The normalized spacial score (nSPS) is 16.3. The third kappa shape index (κ3) is 4.51. The van der Waals surface area contributed by atoms with Crippen molar-refractivity contribution in [3.05, 3.63) is 65.6 Å². The lowest BCUT2D eigenvalue weighted by atomic mass is 9.95. The molecule has 1 N–H and O–H groups in total. The Morgan fingerprint density at radius 3 is 2.63 bits per heavy atom. The molecule has 0 radical (unpaired) electrons. The minimum absolute atomic E-state index is 0.222. The molecule has 0 saturated heterocycles. The Morgan fingerprint density at radius 1 is 1.10 bits per heavy atom.